The fraction of sp³-hybridized carbons (Fsp3) is 0.471. The van der Waals surface area contributed by atoms with Gasteiger partial charge in [0.05, 0.1) is 6.61 Å². The number of aliphatic hydroxyl groups is 1. The van der Waals surface area contributed by atoms with Crippen LogP contribution in [0.15, 0.2) is 18.2 Å². The van der Waals surface area contributed by atoms with E-state index in [1.165, 1.54) is 0 Å². The van der Waals surface area contributed by atoms with Crippen molar-refractivity contribution in [3.8, 4) is 11.8 Å². The molecule has 3 heteroatoms. The highest BCUT2D eigenvalue weighted by Crippen LogP contribution is 2.33. The van der Waals surface area contributed by atoms with Crippen LogP contribution in [-0.2, 0) is 0 Å². The van der Waals surface area contributed by atoms with E-state index in [1.807, 2.05) is 25.1 Å². The number of hydrogen-bond donors (Lipinski definition) is 2. The highest BCUT2D eigenvalue weighted by atomic mass is 16.2. The molecule has 20 heavy (non-hydrogen) atoms. The Bertz CT molecular complexity index is 554. The minimum absolute atomic E-state index is 0.00532. The van der Waals surface area contributed by atoms with Gasteiger partial charge < -0.3 is 10.4 Å². The van der Waals surface area contributed by atoms with E-state index in [0.717, 1.165) is 24.0 Å². The molecule has 0 bridgehead atoms. The standard InChI is InChI=1S/C17H21NO2/c1-3-13-11-16(13)18-17(20)15-9-6-8-14(12(15)2)7-4-5-10-19/h6,8-9,13,16,19H,3,5,10-11H2,1-2H3,(H,18,20). The van der Waals surface area contributed by atoms with E-state index in [4.69, 9.17) is 5.11 Å². The smallest absolute Gasteiger partial charge is 0.251 e. The van der Waals surface area contributed by atoms with Gasteiger partial charge in [-0.1, -0.05) is 31.3 Å². The molecule has 0 spiro atoms. The number of rotatable bonds is 4. The molecule has 1 fully saturated rings. The van der Waals surface area contributed by atoms with Crippen molar-refractivity contribution in [2.45, 2.75) is 39.2 Å². The topological polar surface area (TPSA) is 49.3 Å². The molecule has 2 N–H and O–H groups in total. The first-order valence-corrected chi connectivity index (χ1v) is 7.17. The van der Waals surface area contributed by atoms with Crippen molar-refractivity contribution in [1.29, 1.82) is 0 Å². The zero-order valence-corrected chi connectivity index (χ0v) is 12.1. The summed E-state index contributed by atoms with van der Waals surface area (Å²) >= 11 is 0. The highest BCUT2D eigenvalue weighted by molar-refractivity contribution is 5.96. The summed E-state index contributed by atoms with van der Waals surface area (Å²) in [6.07, 6.45) is 2.67. The van der Waals surface area contributed by atoms with Gasteiger partial charge in [-0.25, -0.2) is 0 Å². The molecular formula is C17H21NO2. The van der Waals surface area contributed by atoms with Crippen LogP contribution in [0.2, 0.25) is 0 Å². The van der Waals surface area contributed by atoms with Crippen LogP contribution in [0.5, 0.6) is 0 Å². The van der Waals surface area contributed by atoms with Gasteiger partial charge in [-0.3, -0.25) is 4.79 Å². The van der Waals surface area contributed by atoms with Crippen molar-refractivity contribution in [1.82, 2.24) is 5.32 Å². The van der Waals surface area contributed by atoms with Gasteiger partial charge >= 0.3 is 0 Å². The van der Waals surface area contributed by atoms with Crippen LogP contribution in [0, 0.1) is 24.7 Å². The average Bonchev–Trinajstić information content (AvgIpc) is 3.19. The first kappa shape index (κ1) is 14.6. The molecule has 0 aromatic heterocycles. The average molecular weight is 271 g/mol. The number of benzene rings is 1. The number of carbonyl (C=O) groups excluding carboxylic acids is 1. The monoisotopic (exact) mass is 271 g/mol. The van der Waals surface area contributed by atoms with E-state index in [-0.39, 0.29) is 12.5 Å². The van der Waals surface area contributed by atoms with Crippen LogP contribution in [0.4, 0.5) is 0 Å². The number of amides is 1. The lowest BCUT2D eigenvalue weighted by Gasteiger charge is -2.08. The summed E-state index contributed by atoms with van der Waals surface area (Å²) in [7, 11) is 0. The number of nitrogens with one attached hydrogen (secondary N) is 1. The molecule has 1 saturated carbocycles. The molecule has 1 aliphatic carbocycles. The SMILES string of the molecule is CCC1CC1NC(=O)c1cccc(C#CCCO)c1C. The van der Waals surface area contributed by atoms with E-state index in [1.54, 1.807) is 0 Å². The molecule has 0 radical (unpaired) electrons. The van der Waals surface area contributed by atoms with Crippen LogP contribution in [0.1, 0.15) is 47.7 Å². The van der Waals surface area contributed by atoms with Crippen molar-refractivity contribution in [2.75, 3.05) is 6.61 Å². The molecule has 1 aromatic carbocycles. The first-order valence-electron chi connectivity index (χ1n) is 7.17. The van der Waals surface area contributed by atoms with Crippen LogP contribution in [0.3, 0.4) is 0 Å². The maximum atomic E-state index is 12.3. The van der Waals surface area contributed by atoms with Gasteiger partial charge in [0.25, 0.3) is 5.91 Å². The van der Waals surface area contributed by atoms with E-state index < -0.39 is 0 Å². The molecule has 106 valence electrons. The van der Waals surface area contributed by atoms with Gasteiger partial charge in [-0.2, -0.15) is 0 Å². The highest BCUT2D eigenvalue weighted by Gasteiger charge is 2.36. The summed E-state index contributed by atoms with van der Waals surface area (Å²) in [4.78, 5) is 12.3. The van der Waals surface area contributed by atoms with Crippen LogP contribution >= 0.6 is 0 Å². The van der Waals surface area contributed by atoms with Gasteiger partial charge in [-0.05, 0) is 37.0 Å². The lowest BCUT2D eigenvalue weighted by molar-refractivity contribution is 0.0948. The normalized spacial score (nSPS) is 19.9. The second-order valence-corrected chi connectivity index (χ2v) is 5.24. The van der Waals surface area contributed by atoms with E-state index in [0.29, 0.717) is 23.9 Å². The maximum Gasteiger partial charge on any atom is 0.251 e. The Kier molecular flexibility index (Phi) is 4.81. The predicted molar refractivity (Wildman–Crippen MR) is 79.4 cm³/mol. The second-order valence-electron chi connectivity index (χ2n) is 5.24. The Hall–Kier alpha value is -1.79. The number of hydrogen-bond acceptors (Lipinski definition) is 2. The van der Waals surface area contributed by atoms with Gasteiger partial charge in [0.1, 0.15) is 0 Å². The number of carbonyl (C=O) groups is 1. The minimum Gasteiger partial charge on any atom is -0.395 e. The zero-order chi connectivity index (χ0) is 14.5. The van der Waals surface area contributed by atoms with Crippen molar-refractivity contribution >= 4 is 5.91 Å². The molecule has 2 atom stereocenters. The largest absolute Gasteiger partial charge is 0.395 e. The molecule has 3 nitrogen and oxygen atoms in total. The predicted octanol–water partition coefficient (Wildman–Crippen LogP) is 2.26. The van der Waals surface area contributed by atoms with Gasteiger partial charge in [0.15, 0.2) is 0 Å². The molecular weight excluding hydrogens is 250 g/mol. The third kappa shape index (κ3) is 3.40. The lowest BCUT2D eigenvalue weighted by Crippen LogP contribution is -2.27. The number of aliphatic hydroxyl groups excluding tert-OH is 1. The van der Waals surface area contributed by atoms with E-state index in [9.17, 15) is 4.79 Å². The quantitative estimate of drug-likeness (QED) is 0.825. The summed E-state index contributed by atoms with van der Waals surface area (Å²) in [6.45, 7) is 4.13. The Morgan fingerprint density at radius 2 is 2.30 bits per heavy atom. The van der Waals surface area contributed by atoms with E-state index in [2.05, 4.69) is 24.1 Å². The van der Waals surface area contributed by atoms with Crippen LogP contribution < -0.4 is 5.32 Å². The summed E-state index contributed by atoms with van der Waals surface area (Å²) in [5.41, 5.74) is 2.46. The summed E-state index contributed by atoms with van der Waals surface area (Å²) in [6, 6.07) is 5.94. The lowest BCUT2D eigenvalue weighted by atomic mass is 10.0. The molecule has 2 unspecified atom stereocenters. The van der Waals surface area contributed by atoms with Crippen LogP contribution in [0.25, 0.3) is 0 Å². The van der Waals surface area contributed by atoms with Crippen molar-refractivity contribution in [3.63, 3.8) is 0 Å². The third-order valence-corrected chi connectivity index (χ3v) is 3.80. The Morgan fingerprint density at radius 3 is 2.95 bits per heavy atom. The summed E-state index contributed by atoms with van der Waals surface area (Å²) in [5, 5.41) is 11.8. The molecule has 1 aliphatic rings. The molecule has 0 heterocycles. The first-order chi connectivity index (χ1) is 9.67. The molecule has 1 aromatic rings. The van der Waals surface area contributed by atoms with Crippen LogP contribution in [-0.4, -0.2) is 23.7 Å². The molecule has 1 amide bonds. The fourth-order valence-electron chi connectivity index (χ4n) is 2.35. The van der Waals surface area contributed by atoms with Gasteiger partial charge in [0.2, 0.25) is 0 Å². The second kappa shape index (κ2) is 6.58. The molecule has 2 rings (SSSR count). The Labute approximate surface area is 120 Å². The van der Waals surface area contributed by atoms with Gasteiger partial charge in [-0.15, -0.1) is 0 Å². The minimum atomic E-state index is -0.00532. The maximum absolute atomic E-state index is 12.3. The van der Waals surface area contributed by atoms with Gasteiger partial charge in [0, 0.05) is 23.6 Å². The molecule has 0 saturated heterocycles. The van der Waals surface area contributed by atoms with E-state index >= 15 is 0 Å². The molecule has 0 aliphatic heterocycles. The summed E-state index contributed by atoms with van der Waals surface area (Å²) in [5.74, 6) is 6.54. The van der Waals surface area contributed by atoms with Crippen molar-refractivity contribution in [2.24, 2.45) is 5.92 Å². The van der Waals surface area contributed by atoms with Crippen molar-refractivity contribution < 1.29 is 9.90 Å². The zero-order valence-electron chi connectivity index (χ0n) is 12.1. The summed E-state index contributed by atoms with van der Waals surface area (Å²) < 4.78 is 0. The Balaban J connectivity index is 2.10. The van der Waals surface area contributed by atoms with Crippen molar-refractivity contribution in [3.05, 3.63) is 34.9 Å². The fourth-order valence-corrected chi connectivity index (χ4v) is 2.35. The third-order valence-electron chi connectivity index (χ3n) is 3.80. The Morgan fingerprint density at radius 1 is 1.50 bits per heavy atom.